The third-order valence-electron chi connectivity index (χ3n) is 4.66. The first-order valence-electron chi connectivity index (χ1n) is 10.1. The number of aryl methyl sites for hydroxylation is 1. The Morgan fingerprint density at radius 2 is 1.73 bits per heavy atom. The molecule has 0 aliphatic heterocycles. The summed E-state index contributed by atoms with van der Waals surface area (Å²) in [4.78, 5) is 23.1. The van der Waals surface area contributed by atoms with E-state index >= 15 is 0 Å². The molecule has 0 fully saturated rings. The van der Waals surface area contributed by atoms with E-state index in [1.807, 2.05) is 31.2 Å². The van der Waals surface area contributed by atoms with Crippen LogP contribution in [0.4, 0.5) is 11.4 Å². The maximum absolute atomic E-state index is 13.2. The fraction of sp³-hybridized carbons (Fsp3) is 0.174. The summed E-state index contributed by atoms with van der Waals surface area (Å²) in [6.45, 7) is 1.75. The molecule has 10 heteroatoms. The second kappa shape index (κ2) is 10.6. The zero-order chi connectivity index (χ0) is 23.8. The van der Waals surface area contributed by atoms with Crippen LogP contribution in [0, 0.1) is 17.0 Å². The molecule has 0 heterocycles. The number of sulfonamides is 1. The summed E-state index contributed by atoms with van der Waals surface area (Å²) in [5.41, 5.74) is 0.822. The number of ether oxygens (including phenoxy) is 1. The van der Waals surface area contributed by atoms with Crippen molar-refractivity contribution in [1.82, 2.24) is 5.32 Å². The van der Waals surface area contributed by atoms with Gasteiger partial charge in [0.15, 0.2) is 0 Å². The molecular formula is C23H23N3O6S. The highest BCUT2D eigenvalue weighted by Crippen LogP contribution is 2.26. The molecule has 172 valence electrons. The van der Waals surface area contributed by atoms with Gasteiger partial charge in [0.2, 0.25) is 5.91 Å². The van der Waals surface area contributed by atoms with E-state index in [4.69, 9.17) is 4.74 Å². The lowest BCUT2D eigenvalue weighted by Gasteiger charge is -2.24. The Hall–Kier alpha value is -3.92. The van der Waals surface area contributed by atoms with Crippen LogP contribution in [0.25, 0.3) is 0 Å². The minimum absolute atomic E-state index is 0.0131. The largest absolute Gasteiger partial charge is 0.492 e. The Morgan fingerprint density at radius 1 is 1.03 bits per heavy atom. The van der Waals surface area contributed by atoms with E-state index in [1.54, 1.807) is 18.2 Å². The summed E-state index contributed by atoms with van der Waals surface area (Å²) in [6.07, 6.45) is 0. The van der Waals surface area contributed by atoms with Crippen LogP contribution in [0.5, 0.6) is 5.75 Å². The first kappa shape index (κ1) is 23.7. The number of benzene rings is 3. The van der Waals surface area contributed by atoms with Crippen molar-refractivity contribution in [3.8, 4) is 5.75 Å². The summed E-state index contributed by atoms with van der Waals surface area (Å²) in [5.74, 6) is 0.0771. The molecule has 0 spiro atoms. The molecule has 0 saturated heterocycles. The highest BCUT2D eigenvalue weighted by atomic mass is 32.2. The standard InChI is InChI=1S/C23H23N3O6S/c1-18-10-12-21(13-11-18)32-15-14-24-23(27)17-25(19-6-5-7-20(16-19)26(28)29)33(30,31)22-8-3-2-4-9-22/h2-13,16H,14-15,17H2,1H3,(H,24,27). The number of nitro benzene ring substituents is 1. The monoisotopic (exact) mass is 469 g/mol. The number of nitrogens with one attached hydrogen (secondary N) is 1. The number of nitrogens with zero attached hydrogens (tertiary/aromatic N) is 2. The predicted octanol–water partition coefficient (Wildman–Crippen LogP) is 3.29. The summed E-state index contributed by atoms with van der Waals surface area (Å²) in [7, 11) is -4.15. The van der Waals surface area contributed by atoms with Crippen molar-refractivity contribution >= 4 is 27.3 Å². The van der Waals surface area contributed by atoms with Crippen LogP contribution < -0.4 is 14.4 Å². The van der Waals surface area contributed by atoms with Gasteiger partial charge in [-0.2, -0.15) is 0 Å². The number of amides is 1. The SMILES string of the molecule is Cc1ccc(OCCNC(=O)CN(c2cccc([N+](=O)[O-])c2)S(=O)(=O)c2ccccc2)cc1. The maximum Gasteiger partial charge on any atom is 0.271 e. The molecule has 3 aromatic carbocycles. The van der Waals surface area contributed by atoms with E-state index in [1.165, 1.54) is 30.3 Å². The molecule has 3 aromatic rings. The highest BCUT2D eigenvalue weighted by Gasteiger charge is 2.28. The van der Waals surface area contributed by atoms with E-state index in [2.05, 4.69) is 5.32 Å². The quantitative estimate of drug-likeness (QED) is 0.276. The number of hydrogen-bond donors (Lipinski definition) is 1. The molecular weight excluding hydrogens is 446 g/mol. The lowest BCUT2D eigenvalue weighted by Crippen LogP contribution is -2.41. The van der Waals surface area contributed by atoms with Crippen molar-refractivity contribution in [1.29, 1.82) is 0 Å². The van der Waals surface area contributed by atoms with Gasteiger partial charge in [0.05, 0.1) is 22.1 Å². The Bertz CT molecular complexity index is 1210. The minimum Gasteiger partial charge on any atom is -0.492 e. The third-order valence-corrected chi connectivity index (χ3v) is 6.45. The Morgan fingerprint density at radius 3 is 2.39 bits per heavy atom. The van der Waals surface area contributed by atoms with Crippen LogP contribution in [0.2, 0.25) is 0 Å². The van der Waals surface area contributed by atoms with Gasteiger partial charge in [-0.25, -0.2) is 8.42 Å². The minimum atomic E-state index is -4.15. The number of anilines is 1. The molecule has 9 nitrogen and oxygen atoms in total. The second-order valence-corrected chi connectivity index (χ2v) is 8.98. The van der Waals surface area contributed by atoms with Crippen LogP contribution in [0.3, 0.4) is 0 Å². The summed E-state index contributed by atoms with van der Waals surface area (Å²) in [5, 5.41) is 13.8. The van der Waals surface area contributed by atoms with Crippen LogP contribution >= 0.6 is 0 Å². The molecule has 0 aliphatic rings. The van der Waals surface area contributed by atoms with E-state index in [-0.39, 0.29) is 29.4 Å². The average Bonchev–Trinajstić information content (AvgIpc) is 2.82. The highest BCUT2D eigenvalue weighted by molar-refractivity contribution is 7.92. The van der Waals surface area contributed by atoms with E-state index < -0.39 is 27.4 Å². The summed E-state index contributed by atoms with van der Waals surface area (Å²) < 4.78 is 32.9. The van der Waals surface area contributed by atoms with Gasteiger partial charge < -0.3 is 10.1 Å². The van der Waals surface area contributed by atoms with Crippen LogP contribution in [-0.2, 0) is 14.8 Å². The molecule has 0 atom stereocenters. The smallest absolute Gasteiger partial charge is 0.271 e. The Balaban J connectivity index is 1.74. The number of carbonyl (C=O) groups excluding carboxylic acids is 1. The predicted molar refractivity (Wildman–Crippen MR) is 124 cm³/mol. The van der Waals surface area contributed by atoms with Gasteiger partial charge in [-0.05, 0) is 37.3 Å². The van der Waals surface area contributed by atoms with Gasteiger partial charge in [0, 0.05) is 12.1 Å². The third kappa shape index (κ3) is 6.30. The molecule has 0 radical (unpaired) electrons. The van der Waals surface area contributed by atoms with Crippen molar-refractivity contribution in [2.24, 2.45) is 0 Å². The van der Waals surface area contributed by atoms with Gasteiger partial charge in [0.25, 0.3) is 15.7 Å². The van der Waals surface area contributed by atoms with Crippen molar-refractivity contribution in [2.45, 2.75) is 11.8 Å². The van der Waals surface area contributed by atoms with Crippen LogP contribution in [-0.4, -0.2) is 38.9 Å². The number of non-ortho nitro benzene ring substituents is 1. The molecule has 0 aromatic heterocycles. The van der Waals surface area contributed by atoms with Gasteiger partial charge >= 0.3 is 0 Å². The molecule has 33 heavy (non-hydrogen) atoms. The summed E-state index contributed by atoms with van der Waals surface area (Å²) >= 11 is 0. The van der Waals surface area contributed by atoms with Crippen molar-refractivity contribution in [2.75, 3.05) is 24.0 Å². The number of nitro groups is 1. The maximum atomic E-state index is 13.2. The molecule has 0 saturated carbocycles. The average molecular weight is 470 g/mol. The molecule has 1 amide bonds. The first-order chi connectivity index (χ1) is 15.8. The van der Waals surface area contributed by atoms with Crippen molar-refractivity contribution in [3.05, 3.63) is 94.5 Å². The van der Waals surface area contributed by atoms with Crippen LogP contribution in [0.1, 0.15) is 5.56 Å². The molecule has 0 aliphatic carbocycles. The van der Waals surface area contributed by atoms with Gasteiger partial charge in [0.1, 0.15) is 18.9 Å². The van der Waals surface area contributed by atoms with E-state index in [9.17, 15) is 23.3 Å². The normalized spacial score (nSPS) is 10.9. The second-order valence-electron chi connectivity index (χ2n) is 7.11. The van der Waals surface area contributed by atoms with Gasteiger partial charge in [-0.15, -0.1) is 0 Å². The topological polar surface area (TPSA) is 119 Å². The lowest BCUT2D eigenvalue weighted by molar-refractivity contribution is -0.384. The van der Waals surface area contributed by atoms with Crippen molar-refractivity contribution in [3.63, 3.8) is 0 Å². The fourth-order valence-corrected chi connectivity index (χ4v) is 4.41. The molecule has 1 N–H and O–H groups in total. The number of hydrogen-bond acceptors (Lipinski definition) is 6. The van der Waals surface area contributed by atoms with Gasteiger partial charge in [-0.1, -0.05) is 42.0 Å². The molecule has 0 unspecified atom stereocenters. The number of carbonyl (C=O) groups is 1. The fourth-order valence-electron chi connectivity index (χ4n) is 2.98. The van der Waals surface area contributed by atoms with E-state index in [0.717, 1.165) is 15.9 Å². The van der Waals surface area contributed by atoms with Crippen LogP contribution in [0.15, 0.2) is 83.8 Å². The zero-order valence-electron chi connectivity index (χ0n) is 17.9. The zero-order valence-corrected chi connectivity index (χ0v) is 18.7. The number of rotatable bonds is 10. The first-order valence-corrected chi connectivity index (χ1v) is 11.5. The summed E-state index contributed by atoms with van der Waals surface area (Å²) in [6, 6.07) is 20.1. The molecule has 0 bridgehead atoms. The van der Waals surface area contributed by atoms with E-state index in [0.29, 0.717) is 5.75 Å². The van der Waals surface area contributed by atoms with Gasteiger partial charge in [-0.3, -0.25) is 19.2 Å². The lowest BCUT2D eigenvalue weighted by atomic mass is 10.2. The molecule has 3 rings (SSSR count). The Labute approximate surface area is 191 Å². The van der Waals surface area contributed by atoms with Crippen molar-refractivity contribution < 1.29 is 22.9 Å². The Kier molecular flexibility index (Phi) is 7.62.